The Labute approximate surface area is 146 Å². The van der Waals surface area contributed by atoms with E-state index in [4.69, 9.17) is 4.74 Å². The molecule has 0 bridgehead atoms. The number of imide groups is 1. The van der Waals surface area contributed by atoms with Gasteiger partial charge in [-0.05, 0) is 38.0 Å². The molecule has 1 aliphatic rings. The predicted molar refractivity (Wildman–Crippen MR) is 94.5 cm³/mol. The molecule has 5 nitrogen and oxygen atoms in total. The number of carbonyl (C=O) groups is 2. The number of fused-ring (bicyclic) bond motifs is 1. The molecule has 0 radical (unpaired) electrons. The third-order valence-electron chi connectivity index (χ3n) is 4.25. The van der Waals surface area contributed by atoms with E-state index in [0.29, 0.717) is 16.8 Å². The number of amides is 2. The summed E-state index contributed by atoms with van der Waals surface area (Å²) in [7, 11) is 0. The van der Waals surface area contributed by atoms with Crippen molar-refractivity contribution in [3.8, 4) is 0 Å². The van der Waals surface area contributed by atoms with Crippen molar-refractivity contribution >= 4 is 17.7 Å². The minimum atomic E-state index is -1.31. The molecular weight excluding hydrogens is 318 g/mol. The first-order chi connectivity index (χ1) is 11.8. The summed E-state index contributed by atoms with van der Waals surface area (Å²) in [5.74, 6) is -0.503. The molecule has 0 saturated heterocycles. The number of anilines is 1. The molecule has 0 unspecified atom stereocenters. The monoisotopic (exact) mass is 339 g/mol. The Morgan fingerprint density at radius 3 is 2.28 bits per heavy atom. The SMILES string of the molecule is CC(C)(C)OC(=O)N1C(=O)[C@@](CO)(c2ccccc2)c2ccccc21. The number of aliphatic hydroxyl groups is 1. The largest absolute Gasteiger partial charge is 0.443 e. The highest BCUT2D eigenvalue weighted by Gasteiger charge is 2.54. The average molecular weight is 339 g/mol. The van der Waals surface area contributed by atoms with Crippen LogP contribution in [0, 0.1) is 0 Å². The van der Waals surface area contributed by atoms with E-state index < -0.39 is 29.6 Å². The van der Waals surface area contributed by atoms with Crippen LogP contribution in [-0.2, 0) is 14.9 Å². The smallest absolute Gasteiger partial charge is 0.421 e. The van der Waals surface area contributed by atoms with Crippen molar-refractivity contribution in [3.63, 3.8) is 0 Å². The van der Waals surface area contributed by atoms with Gasteiger partial charge in [-0.1, -0.05) is 48.5 Å². The minimum absolute atomic E-state index is 0.438. The number of rotatable bonds is 2. The van der Waals surface area contributed by atoms with Crippen molar-refractivity contribution < 1.29 is 19.4 Å². The van der Waals surface area contributed by atoms with Crippen molar-refractivity contribution in [1.29, 1.82) is 0 Å². The van der Waals surface area contributed by atoms with Crippen molar-refractivity contribution in [1.82, 2.24) is 0 Å². The molecular formula is C20H21NO4. The zero-order valence-electron chi connectivity index (χ0n) is 14.5. The maximum atomic E-state index is 13.3. The van der Waals surface area contributed by atoms with Gasteiger partial charge < -0.3 is 9.84 Å². The lowest BCUT2D eigenvalue weighted by Crippen LogP contribution is -2.47. The van der Waals surface area contributed by atoms with Gasteiger partial charge in [0.25, 0.3) is 5.91 Å². The second-order valence-corrected chi connectivity index (χ2v) is 7.07. The van der Waals surface area contributed by atoms with Crippen LogP contribution in [0.5, 0.6) is 0 Å². The van der Waals surface area contributed by atoms with Crippen molar-refractivity contribution in [2.24, 2.45) is 0 Å². The van der Waals surface area contributed by atoms with E-state index >= 15 is 0 Å². The summed E-state index contributed by atoms with van der Waals surface area (Å²) in [5, 5.41) is 10.2. The molecule has 3 rings (SSSR count). The molecule has 1 N–H and O–H groups in total. The number of aliphatic hydroxyl groups excluding tert-OH is 1. The van der Waals surface area contributed by atoms with Crippen LogP contribution in [0.15, 0.2) is 54.6 Å². The molecule has 0 aliphatic carbocycles. The Hall–Kier alpha value is -2.66. The quantitative estimate of drug-likeness (QED) is 0.912. The third kappa shape index (κ3) is 2.70. The van der Waals surface area contributed by atoms with Crippen molar-refractivity contribution in [2.75, 3.05) is 11.5 Å². The summed E-state index contributed by atoms with van der Waals surface area (Å²) in [6, 6.07) is 16.0. The van der Waals surface area contributed by atoms with Gasteiger partial charge >= 0.3 is 6.09 Å². The Kier molecular flexibility index (Phi) is 4.13. The van der Waals surface area contributed by atoms with E-state index in [2.05, 4.69) is 0 Å². The molecule has 0 aromatic heterocycles. The molecule has 2 aromatic carbocycles. The normalized spacial score (nSPS) is 19.7. The predicted octanol–water partition coefficient (Wildman–Crippen LogP) is 3.25. The van der Waals surface area contributed by atoms with Crippen LogP contribution < -0.4 is 4.90 Å². The second-order valence-electron chi connectivity index (χ2n) is 7.07. The van der Waals surface area contributed by atoms with E-state index in [-0.39, 0.29) is 0 Å². The lowest BCUT2D eigenvalue weighted by atomic mass is 9.76. The second kappa shape index (κ2) is 6.01. The summed E-state index contributed by atoms with van der Waals surface area (Å²) >= 11 is 0. The number of nitrogens with zero attached hydrogens (tertiary/aromatic N) is 1. The van der Waals surface area contributed by atoms with Crippen LogP contribution >= 0.6 is 0 Å². The molecule has 0 fully saturated rings. The van der Waals surface area contributed by atoms with Gasteiger partial charge in [0, 0.05) is 0 Å². The van der Waals surface area contributed by atoms with Gasteiger partial charge in [-0.15, -0.1) is 0 Å². The number of hydrogen-bond donors (Lipinski definition) is 1. The summed E-state index contributed by atoms with van der Waals surface area (Å²) < 4.78 is 5.41. The van der Waals surface area contributed by atoms with Gasteiger partial charge in [-0.2, -0.15) is 0 Å². The fourth-order valence-corrected chi connectivity index (χ4v) is 3.18. The average Bonchev–Trinajstić information content (AvgIpc) is 2.83. The Bertz CT molecular complexity index is 810. The standard InChI is InChI=1S/C20H21NO4/c1-19(2,3)25-18(24)21-16-12-8-7-11-15(16)20(13-22,17(21)23)14-9-5-4-6-10-14/h4-12,22H,13H2,1-3H3/t20-/m0/s1. The van der Waals surface area contributed by atoms with E-state index in [1.807, 2.05) is 6.07 Å². The molecule has 130 valence electrons. The van der Waals surface area contributed by atoms with Gasteiger partial charge in [-0.3, -0.25) is 4.79 Å². The van der Waals surface area contributed by atoms with Gasteiger partial charge in [0.05, 0.1) is 12.3 Å². The highest BCUT2D eigenvalue weighted by atomic mass is 16.6. The van der Waals surface area contributed by atoms with Crippen LogP contribution in [0.4, 0.5) is 10.5 Å². The fraction of sp³-hybridized carbons (Fsp3) is 0.300. The highest BCUT2D eigenvalue weighted by Crippen LogP contribution is 2.46. The van der Waals surface area contributed by atoms with Crippen molar-refractivity contribution in [3.05, 3.63) is 65.7 Å². The topological polar surface area (TPSA) is 66.8 Å². The third-order valence-corrected chi connectivity index (χ3v) is 4.25. The summed E-state index contributed by atoms with van der Waals surface area (Å²) in [6.07, 6.45) is -0.740. The molecule has 0 spiro atoms. The maximum Gasteiger partial charge on any atom is 0.421 e. The molecule has 1 atom stereocenters. The van der Waals surface area contributed by atoms with E-state index in [9.17, 15) is 14.7 Å². The van der Waals surface area contributed by atoms with E-state index in [1.54, 1.807) is 69.3 Å². The van der Waals surface area contributed by atoms with Crippen LogP contribution in [0.3, 0.4) is 0 Å². The number of para-hydroxylation sites is 1. The van der Waals surface area contributed by atoms with Crippen LogP contribution in [0.1, 0.15) is 31.9 Å². The number of benzene rings is 2. The summed E-state index contributed by atoms with van der Waals surface area (Å²) in [5.41, 5.74) is -0.363. The zero-order valence-corrected chi connectivity index (χ0v) is 14.5. The molecule has 5 heteroatoms. The first kappa shape index (κ1) is 17.2. The minimum Gasteiger partial charge on any atom is -0.443 e. The zero-order chi connectivity index (χ0) is 18.2. The molecule has 0 saturated carbocycles. The molecule has 2 amide bonds. The Morgan fingerprint density at radius 1 is 1.08 bits per heavy atom. The van der Waals surface area contributed by atoms with E-state index in [0.717, 1.165) is 4.90 Å². The summed E-state index contributed by atoms with van der Waals surface area (Å²) in [4.78, 5) is 27.0. The molecule has 25 heavy (non-hydrogen) atoms. The maximum absolute atomic E-state index is 13.3. The van der Waals surface area contributed by atoms with Crippen LogP contribution in [0.2, 0.25) is 0 Å². The molecule has 1 aliphatic heterocycles. The van der Waals surface area contributed by atoms with E-state index in [1.165, 1.54) is 0 Å². The number of hydrogen-bond acceptors (Lipinski definition) is 4. The lowest BCUT2D eigenvalue weighted by molar-refractivity contribution is -0.122. The fourth-order valence-electron chi connectivity index (χ4n) is 3.18. The Morgan fingerprint density at radius 2 is 1.68 bits per heavy atom. The van der Waals surface area contributed by atoms with Gasteiger partial charge in [-0.25, -0.2) is 9.69 Å². The van der Waals surface area contributed by atoms with Gasteiger partial charge in [0.15, 0.2) is 0 Å². The molecule has 1 heterocycles. The van der Waals surface area contributed by atoms with Crippen molar-refractivity contribution in [2.45, 2.75) is 31.8 Å². The highest BCUT2D eigenvalue weighted by molar-refractivity contribution is 6.22. The van der Waals surface area contributed by atoms with Gasteiger partial charge in [0.1, 0.15) is 11.0 Å². The molecule has 2 aromatic rings. The summed E-state index contributed by atoms with van der Waals surface area (Å²) in [6.45, 7) is 4.79. The first-order valence-corrected chi connectivity index (χ1v) is 8.15. The van der Waals surface area contributed by atoms with Crippen LogP contribution in [0.25, 0.3) is 0 Å². The lowest BCUT2D eigenvalue weighted by Gasteiger charge is -2.28. The number of ether oxygens (including phenoxy) is 1. The Balaban J connectivity index is 2.17. The number of carbonyl (C=O) groups excluding carboxylic acids is 2. The van der Waals surface area contributed by atoms with Crippen LogP contribution in [-0.4, -0.2) is 29.3 Å². The van der Waals surface area contributed by atoms with Gasteiger partial charge in [0.2, 0.25) is 0 Å². The first-order valence-electron chi connectivity index (χ1n) is 8.15.